The predicted molar refractivity (Wildman–Crippen MR) is 119 cm³/mol. The zero-order valence-corrected chi connectivity index (χ0v) is 19.0. The molecule has 1 saturated carbocycles. The molecule has 5 atom stereocenters. The van der Waals surface area contributed by atoms with Gasteiger partial charge in [-0.05, 0) is 39.6 Å². The molecule has 3 aliphatic rings. The third kappa shape index (κ3) is 2.77. The van der Waals surface area contributed by atoms with E-state index >= 15 is 0 Å². The maximum Gasteiger partial charge on any atom is 0.202 e. The summed E-state index contributed by atoms with van der Waals surface area (Å²) < 4.78 is 0. The van der Waals surface area contributed by atoms with Gasteiger partial charge in [0, 0.05) is 33.7 Å². The first-order chi connectivity index (χ1) is 15.2. The number of fused-ring (bicyclic) bond motifs is 3. The first-order valence-corrected chi connectivity index (χ1v) is 10.6. The lowest BCUT2D eigenvalue weighted by molar-refractivity contribution is -0.158. The van der Waals surface area contributed by atoms with E-state index in [-0.39, 0.29) is 33.8 Å². The normalized spacial score (nSPS) is 33.7. The van der Waals surface area contributed by atoms with Gasteiger partial charge in [0.05, 0.1) is 22.8 Å². The number of phenols is 1. The first kappa shape index (κ1) is 23.3. The highest BCUT2D eigenvalue weighted by molar-refractivity contribution is 6.32. The van der Waals surface area contributed by atoms with E-state index in [0.29, 0.717) is 0 Å². The Morgan fingerprint density at radius 2 is 1.82 bits per heavy atom. The summed E-state index contributed by atoms with van der Waals surface area (Å²) in [4.78, 5) is 28.5. The van der Waals surface area contributed by atoms with Crippen molar-refractivity contribution in [2.45, 2.75) is 30.6 Å². The highest BCUT2D eigenvalue weighted by atomic mass is 35.5. The molecule has 1 fully saturated rings. The van der Waals surface area contributed by atoms with Crippen molar-refractivity contribution >= 4 is 28.9 Å². The minimum Gasteiger partial charge on any atom is -0.508 e. The number of allylic oxidation sites excluding steroid dienone is 1. The van der Waals surface area contributed by atoms with Gasteiger partial charge in [-0.3, -0.25) is 14.5 Å². The van der Waals surface area contributed by atoms with Gasteiger partial charge in [0.25, 0.3) is 0 Å². The number of nitrogens with two attached hydrogens (primary N) is 1. The van der Waals surface area contributed by atoms with Crippen molar-refractivity contribution in [3.63, 3.8) is 0 Å². The fraction of sp³-hybridized carbons (Fsp3) is 0.391. The van der Waals surface area contributed by atoms with Crippen LogP contribution in [0.15, 0.2) is 41.3 Å². The molecule has 1 aromatic carbocycles. The molecule has 3 aliphatic carbocycles. The minimum absolute atomic E-state index is 0.0213. The van der Waals surface area contributed by atoms with Crippen LogP contribution < -0.4 is 5.73 Å². The van der Waals surface area contributed by atoms with Crippen LogP contribution in [0.4, 0.5) is 0 Å². The van der Waals surface area contributed by atoms with Gasteiger partial charge in [0.2, 0.25) is 5.78 Å². The topological polar surface area (TPSA) is 165 Å². The molecule has 10 heteroatoms. The number of nitrogens with zero attached hydrogens (tertiary/aromatic N) is 1. The Kier molecular flexibility index (Phi) is 5.00. The molecular weight excluding hydrogens is 452 g/mol. The monoisotopic (exact) mass is 476 g/mol. The van der Waals surface area contributed by atoms with E-state index in [2.05, 4.69) is 6.58 Å². The lowest BCUT2D eigenvalue weighted by atomic mass is 9.54. The van der Waals surface area contributed by atoms with Crippen LogP contribution >= 0.6 is 11.6 Å². The molecule has 1 unspecified atom stereocenters. The third-order valence-electron chi connectivity index (χ3n) is 7.15. The van der Waals surface area contributed by atoms with Gasteiger partial charge >= 0.3 is 0 Å². The number of likely N-dealkylation sites (N-methyl/N-ethyl adjacent to an activating group) is 1. The summed E-state index contributed by atoms with van der Waals surface area (Å²) in [7, 11) is 3.14. The summed E-state index contributed by atoms with van der Waals surface area (Å²) in [6.45, 7) is 4.87. The first-order valence-electron chi connectivity index (χ1n) is 10.2. The van der Waals surface area contributed by atoms with Gasteiger partial charge in [-0.1, -0.05) is 18.2 Å². The third-order valence-corrected chi connectivity index (χ3v) is 7.46. The van der Waals surface area contributed by atoms with Crippen LogP contribution in [0.5, 0.6) is 5.75 Å². The largest absolute Gasteiger partial charge is 0.508 e. The molecule has 0 radical (unpaired) electrons. The number of carbonyl (C=O) groups is 2. The SMILES string of the molecule is C=C(N)C1=C(O)[C@@]2(O)C(=O)C3=C(O)c4c(O)ccc(Cl)c4[C@@](C)(O)C3C[C@H]2[C@H](N(C)C)C1=O. The van der Waals surface area contributed by atoms with Crippen molar-refractivity contribution in [3.8, 4) is 5.75 Å². The van der Waals surface area contributed by atoms with Crippen LogP contribution in [0.3, 0.4) is 0 Å². The van der Waals surface area contributed by atoms with E-state index in [0.717, 1.165) is 0 Å². The molecule has 9 nitrogen and oxygen atoms in total. The van der Waals surface area contributed by atoms with Gasteiger partial charge in [0.15, 0.2) is 11.4 Å². The molecule has 1 aromatic rings. The maximum atomic E-state index is 13.8. The molecule has 0 heterocycles. The summed E-state index contributed by atoms with van der Waals surface area (Å²) >= 11 is 6.30. The number of rotatable bonds is 2. The van der Waals surface area contributed by atoms with Gasteiger partial charge in [0.1, 0.15) is 17.3 Å². The Morgan fingerprint density at radius 1 is 1.21 bits per heavy atom. The summed E-state index contributed by atoms with van der Waals surface area (Å²) in [5, 5.41) is 55.6. The molecule has 0 aliphatic heterocycles. The summed E-state index contributed by atoms with van der Waals surface area (Å²) in [5.41, 5.74) is -0.160. The van der Waals surface area contributed by atoms with Gasteiger partial charge < -0.3 is 31.3 Å². The van der Waals surface area contributed by atoms with E-state index in [9.17, 15) is 35.1 Å². The van der Waals surface area contributed by atoms with E-state index in [1.165, 1.54) is 24.0 Å². The van der Waals surface area contributed by atoms with Gasteiger partial charge in [-0.2, -0.15) is 0 Å². The Bertz CT molecular complexity index is 1200. The number of phenolic OH excluding ortho intramolecular Hbond substituents is 1. The van der Waals surface area contributed by atoms with E-state index in [1.54, 1.807) is 14.1 Å². The van der Waals surface area contributed by atoms with E-state index in [1.807, 2.05) is 0 Å². The molecule has 0 amide bonds. The second-order valence-corrected chi connectivity index (χ2v) is 9.65. The average molecular weight is 477 g/mol. The standard InChI is InChI=1S/C23H25ClN2O7/c1-8(25)13-19(29)17(26(3)4)10-7-9-14(21(31)23(10,33)20(13)30)18(28)15-12(27)6-5-11(24)16(15)22(9,2)32/h5-6,9-10,17,27-28,30,32-33H,1,7,25H2,2-4H3/t9?,10-,17-,22-,23+/m0/s1. The number of aliphatic hydroxyl groups is 4. The number of aromatic hydroxyl groups is 1. The predicted octanol–water partition coefficient (Wildman–Crippen LogP) is 1.27. The minimum atomic E-state index is -2.62. The Labute approximate surface area is 194 Å². The molecular formula is C23H25ClN2O7. The van der Waals surface area contributed by atoms with Crippen LogP contribution in [0.25, 0.3) is 5.76 Å². The maximum absolute atomic E-state index is 13.8. The average Bonchev–Trinajstić information content (AvgIpc) is 2.69. The van der Waals surface area contributed by atoms with Crippen molar-refractivity contribution in [2.24, 2.45) is 17.6 Å². The van der Waals surface area contributed by atoms with Crippen molar-refractivity contribution in [1.29, 1.82) is 0 Å². The second-order valence-electron chi connectivity index (χ2n) is 9.24. The lowest BCUT2D eigenvalue weighted by Gasteiger charge is -2.53. The number of Topliss-reactive ketones (excluding diaryl/α,β-unsaturated/α-hetero) is 2. The number of hydrogen-bond donors (Lipinski definition) is 6. The quantitative estimate of drug-likeness (QED) is 0.368. The van der Waals surface area contributed by atoms with E-state index < -0.39 is 63.5 Å². The Morgan fingerprint density at radius 3 is 2.36 bits per heavy atom. The number of halogens is 1. The number of aliphatic hydroxyl groups excluding tert-OH is 2. The summed E-state index contributed by atoms with van der Waals surface area (Å²) in [5.74, 6) is -6.09. The van der Waals surface area contributed by atoms with Crippen LogP contribution in [-0.2, 0) is 15.2 Å². The van der Waals surface area contributed by atoms with Crippen molar-refractivity contribution in [1.82, 2.24) is 4.90 Å². The molecule has 0 saturated heterocycles. The zero-order valence-electron chi connectivity index (χ0n) is 18.3. The van der Waals surface area contributed by atoms with Crippen LogP contribution in [0.2, 0.25) is 5.02 Å². The number of hydrogen-bond acceptors (Lipinski definition) is 9. The van der Waals surface area contributed by atoms with Crippen molar-refractivity contribution in [3.05, 3.63) is 57.5 Å². The number of benzene rings is 1. The lowest BCUT2D eigenvalue weighted by Crippen LogP contribution is -2.66. The second kappa shape index (κ2) is 7.07. The fourth-order valence-electron chi connectivity index (χ4n) is 5.65. The molecule has 0 bridgehead atoms. The Balaban J connectivity index is 2.07. The Hall–Kier alpha value is -2.85. The van der Waals surface area contributed by atoms with Crippen molar-refractivity contribution in [2.75, 3.05) is 14.1 Å². The van der Waals surface area contributed by atoms with Gasteiger partial charge in [-0.25, -0.2) is 0 Å². The van der Waals surface area contributed by atoms with Gasteiger partial charge in [-0.15, -0.1) is 0 Å². The number of carbonyl (C=O) groups excluding carboxylic acids is 2. The molecule has 0 aromatic heterocycles. The van der Waals surface area contributed by atoms with Crippen LogP contribution in [0, 0.1) is 11.8 Å². The molecule has 176 valence electrons. The van der Waals surface area contributed by atoms with Crippen LogP contribution in [-0.4, -0.2) is 67.7 Å². The molecule has 33 heavy (non-hydrogen) atoms. The van der Waals surface area contributed by atoms with E-state index in [4.69, 9.17) is 17.3 Å². The zero-order chi connectivity index (χ0) is 24.8. The molecule has 4 rings (SSSR count). The molecule has 0 spiro atoms. The van der Waals surface area contributed by atoms with Crippen LogP contribution in [0.1, 0.15) is 24.5 Å². The smallest absolute Gasteiger partial charge is 0.202 e. The highest BCUT2D eigenvalue weighted by Gasteiger charge is 2.66. The number of ketones is 2. The van der Waals surface area contributed by atoms with Crippen molar-refractivity contribution < 1.29 is 35.1 Å². The summed E-state index contributed by atoms with van der Waals surface area (Å²) in [6, 6.07) is 1.46. The highest BCUT2D eigenvalue weighted by Crippen LogP contribution is 2.58. The summed E-state index contributed by atoms with van der Waals surface area (Å²) in [6.07, 6.45) is -0.178. The molecule has 7 N–H and O–H groups in total. The fourth-order valence-corrected chi connectivity index (χ4v) is 6.00.